The lowest BCUT2D eigenvalue weighted by Crippen LogP contribution is -2.48. The van der Waals surface area contributed by atoms with Crippen molar-refractivity contribution in [2.24, 2.45) is 0 Å². The Kier molecular flexibility index (Phi) is 4.53. The van der Waals surface area contributed by atoms with Gasteiger partial charge in [-0.2, -0.15) is 0 Å². The van der Waals surface area contributed by atoms with Gasteiger partial charge in [0.2, 0.25) is 5.91 Å². The second-order valence-corrected chi connectivity index (χ2v) is 5.39. The van der Waals surface area contributed by atoms with E-state index in [0.717, 1.165) is 5.56 Å². The molecule has 5 nitrogen and oxygen atoms in total. The number of phenols is 1. The standard InChI is InChI=1S/C14H19NO4/c1-14(2,3)15(9-13(18)19)12(17)8-10-4-6-11(16)7-5-10/h4-7,16H,8-9H2,1-3H3,(H,18,19). The van der Waals surface area contributed by atoms with Gasteiger partial charge in [-0.25, -0.2) is 0 Å². The second kappa shape index (κ2) is 5.73. The molecule has 1 aromatic rings. The fraction of sp³-hybridized carbons (Fsp3) is 0.429. The Morgan fingerprint density at radius 2 is 1.68 bits per heavy atom. The number of rotatable bonds is 4. The monoisotopic (exact) mass is 265 g/mol. The van der Waals surface area contributed by atoms with Crippen molar-refractivity contribution in [2.45, 2.75) is 32.7 Å². The number of aromatic hydroxyl groups is 1. The highest BCUT2D eigenvalue weighted by Gasteiger charge is 2.28. The summed E-state index contributed by atoms with van der Waals surface area (Å²) in [5.41, 5.74) is 0.189. The number of hydrogen-bond donors (Lipinski definition) is 2. The van der Waals surface area contributed by atoms with Gasteiger partial charge >= 0.3 is 5.97 Å². The van der Waals surface area contributed by atoms with Gasteiger partial charge in [-0.05, 0) is 38.5 Å². The summed E-state index contributed by atoms with van der Waals surface area (Å²) in [6, 6.07) is 6.30. The van der Waals surface area contributed by atoms with Crippen molar-refractivity contribution in [1.82, 2.24) is 4.90 Å². The van der Waals surface area contributed by atoms with Gasteiger partial charge in [-0.1, -0.05) is 12.1 Å². The minimum Gasteiger partial charge on any atom is -0.508 e. The molecule has 0 bridgehead atoms. The van der Waals surface area contributed by atoms with E-state index in [1.54, 1.807) is 32.9 Å². The zero-order chi connectivity index (χ0) is 14.6. The number of carboxylic acid groups (broad SMARTS) is 1. The molecule has 5 heteroatoms. The third-order valence-corrected chi connectivity index (χ3v) is 2.70. The molecule has 0 atom stereocenters. The highest BCUT2D eigenvalue weighted by atomic mass is 16.4. The molecule has 2 N–H and O–H groups in total. The van der Waals surface area contributed by atoms with Crippen molar-refractivity contribution in [3.63, 3.8) is 0 Å². The molecule has 19 heavy (non-hydrogen) atoms. The van der Waals surface area contributed by atoms with Crippen LogP contribution in [0.25, 0.3) is 0 Å². The van der Waals surface area contributed by atoms with Gasteiger partial charge in [0.15, 0.2) is 0 Å². The van der Waals surface area contributed by atoms with Crippen LogP contribution in [0.2, 0.25) is 0 Å². The predicted octanol–water partition coefficient (Wildman–Crippen LogP) is 1.65. The predicted molar refractivity (Wildman–Crippen MR) is 70.9 cm³/mol. The summed E-state index contributed by atoms with van der Waals surface area (Å²) in [6.07, 6.45) is 0.116. The normalized spacial score (nSPS) is 11.1. The van der Waals surface area contributed by atoms with E-state index >= 15 is 0 Å². The summed E-state index contributed by atoms with van der Waals surface area (Å²) in [5, 5.41) is 18.0. The van der Waals surface area contributed by atoms with Crippen LogP contribution in [0.5, 0.6) is 5.75 Å². The first-order valence-electron chi connectivity index (χ1n) is 6.00. The fourth-order valence-corrected chi connectivity index (χ4v) is 1.72. The molecule has 0 spiro atoms. The molecule has 0 aliphatic carbocycles. The minimum atomic E-state index is -1.03. The van der Waals surface area contributed by atoms with Gasteiger partial charge in [-0.3, -0.25) is 9.59 Å². The molecule has 104 valence electrons. The Balaban J connectivity index is 2.82. The molecule has 0 fully saturated rings. The van der Waals surface area contributed by atoms with Crippen molar-refractivity contribution in [3.05, 3.63) is 29.8 Å². The molecular formula is C14H19NO4. The van der Waals surface area contributed by atoms with E-state index in [4.69, 9.17) is 5.11 Å². The molecule has 0 saturated heterocycles. The summed E-state index contributed by atoms with van der Waals surface area (Å²) in [4.78, 5) is 24.3. The number of carbonyl (C=O) groups is 2. The van der Waals surface area contributed by atoms with Crippen LogP contribution in [-0.4, -0.2) is 39.1 Å². The molecule has 1 amide bonds. The maximum absolute atomic E-state index is 12.2. The smallest absolute Gasteiger partial charge is 0.323 e. The van der Waals surface area contributed by atoms with Crippen LogP contribution in [-0.2, 0) is 16.0 Å². The molecular weight excluding hydrogens is 246 g/mol. The highest BCUT2D eigenvalue weighted by molar-refractivity contribution is 5.83. The number of benzene rings is 1. The summed E-state index contributed by atoms with van der Waals surface area (Å²) >= 11 is 0. The highest BCUT2D eigenvalue weighted by Crippen LogP contribution is 2.16. The van der Waals surface area contributed by atoms with Gasteiger partial charge in [-0.15, -0.1) is 0 Å². The van der Waals surface area contributed by atoms with Crippen LogP contribution >= 0.6 is 0 Å². The van der Waals surface area contributed by atoms with Gasteiger partial charge in [0, 0.05) is 5.54 Å². The Hall–Kier alpha value is -2.04. The average Bonchev–Trinajstić information content (AvgIpc) is 2.27. The summed E-state index contributed by atoms with van der Waals surface area (Å²) in [7, 11) is 0. The second-order valence-electron chi connectivity index (χ2n) is 5.39. The molecule has 0 heterocycles. The summed E-state index contributed by atoms with van der Waals surface area (Å²) in [5.74, 6) is -1.15. The van der Waals surface area contributed by atoms with Crippen LogP contribution in [0, 0.1) is 0 Å². The topological polar surface area (TPSA) is 77.8 Å². The van der Waals surface area contributed by atoms with Crippen LogP contribution < -0.4 is 0 Å². The van der Waals surface area contributed by atoms with Gasteiger partial charge < -0.3 is 15.1 Å². The van der Waals surface area contributed by atoms with E-state index in [1.807, 2.05) is 0 Å². The SMILES string of the molecule is CC(C)(C)N(CC(=O)O)C(=O)Cc1ccc(O)cc1. The maximum atomic E-state index is 12.2. The van der Waals surface area contributed by atoms with E-state index < -0.39 is 11.5 Å². The molecule has 1 aromatic carbocycles. The van der Waals surface area contributed by atoms with Gasteiger partial charge in [0.05, 0.1) is 6.42 Å². The maximum Gasteiger partial charge on any atom is 0.323 e. The van der Waals surface area contributed by atoms with Crippen molar-refractivity contribution in [1.29, 1.82) is 0 Å². The first-order valence-corrected chi connectivity index (χ1v) is 6.00. The van der Waals surface area contributed by atoms with Crippen LogP contribution in [0.1, 0.15) is 26.3 Å². The van der Waals surface area contributed by atoms with Crippen LogP contribution in [0.4, 0.5) is 0 Å². The lowest BCUT2D eigenvalue weighted by atomic mass is 10.0. The molecule has 1 rings (SSSR count). The van der Waals surface area contributed by atoms with Gasteiger partial charge in [0.25, 0.3) is 0 Å². The number of carboxylic acids is 1. The molecule has 0 aliphatic heterocycles. The summed E-state index contributed by atoms with van der Waals surface area (Å²) in [6.45, 7) is 5.07. The number of phenolic OH excluding ortho intramolecular Hbond substituents is 1. The fourth-order valence-electron chi connectivity index (χ4n) is 1.72. The first kappa shape index (κ1) is 15.0. The Morgan fingerprint density at radius 3 is 2.11 bits per heavy atom. The minimum absolute atomic E-state index is 0.116. The van der Waals surface area contributed by atoms with Crippen molar-refractivity contribution in [3.8, 4) is 5.75 Å². The molecule has 0 saturated carbocycles. The Morgan fingerprint density at radius 1 is 1.16 bits per heavy atom. The molecule has 0 aliphatic rings. The van der Waals surface area contributed by atoms with E-state index in [2.05, 4.69) is 0 Å². The van der Waals surface area contributed by atoms with E-state index in [0.29, 0.717) is 0 Å². The lowest BCUT2D eigenvalue weighted by molar-refractivity contribution is -0.147. The van der Waals surface area contributed by atoms with Crippen molar-refractivity contribution in [2.75, 3.05) is 6.54 Å². The number of amides is 1. The van der Waals surface area contributed by atoms with E-state index in [-0.39, 0.29) is 24.6 Å². The lowest BCUT2D eigenvalue weighted by Gasteiger charge is -2.34. The van der Waals surface area contributed by atoms with Crippen LogP contribution in [0.3, 0.4) is 0 Å². The van der Waals surface area contributed by atoms with Gasteiger partial charge in [0.1, 0.15) is 12.3 Å². The third-order valence-electron chi connectivity index (χ3n) is 2.70. The molecule has 0 radical (unpaired) electrons. The largest absolute Gasteiger partial charge is 0.508 e. The number of hydrogen-bond acceptors (Lipinski definition) is 3. The van der Waals surface area contributed by atoms with Crippen molar-refractivity contribution < 1.29 is 19.8 Å². The average molecular weight is 265 g/mol. The molecule has 0 unspecified atom stereocenters. The number of nitrogens with zero attached hydrogens (tertiary/aromatic N) is 1. The number of carbonyl (C=O) groups excluding carboxylic acids is 1. The summed E-state index contributed by atoms with van der Waals surface area (Å²) < 4.78 is 0. The molecule has 0 aromatic heterocycles. The Bertz CT molecular complexity index is 459. The zero-order valence-electron chi connectivity index (χ0n) is 11.4. The number of aliphatic carboxylic acids is 1. The van der Waals surface area contributed by atoms with E-state index in [9.17, 15) is 14.7 Å². The van der Waals surface area contributed by atoms with Crippen molar-refractivity contribution >= 4 is 11.9 Å². The first-order chi connectivity index (χ1) is 8.70. The Labute approximate surface area is 112 Å². The zero-order valence-corrected chi connectivity index (χ0v) is 11.4. The quantitative estimate of drug-likeness (QED) is 0.867. The third kappa shape index (κ3) is 4.62. The van der Waals surface area contributed by atoms with E-state index in [1.165, 1.54) is 17.0 Å². The van der Waals surface area contributed by atoms with Crippen LogP contribution in [0.15, 0.2) is 24.3 Å².